The van der Waals surface area contributed by atoms with Gasteiger partial charge < -0.3 is 39.7 Å². The zero-order valence-corrected chi connectivity index (χ0v) is 36.8. The molecule has 6 aromatic rings. The molecule has 0 bridgehead atoms. The number of rotatable bonds is 13. The third-order valence-corrected chi connectivity index (χ3v) is 13.2. The number of aromatic nitrogens is 4. The summed E-state index contributed by atoms with van der Waals surface area (Å²) in [6.45, 7) is 11.2. The van der Waals surface area contributed by atoms with E-state index in [2.05, 4.69) is 94.7 Å². The van der Waals surface area contributed by atoms with Crippen molar-refractivity contribution in [1.29, 1.82) is 0 Å². The Balaban J connectivity index is 0.895. The van der Waals surface area contributed by atoms with Gasteiger partial charge in [-0.2, -0.15) is 0 Å². The highest BCUT2D eigenvalue weighted by Crippen LogP contribution is 2.43. The number of carbonyl (C=O) groups excluding carboxylic acids is 2. The molecule has 4 atom stereocenters. The molecule has 3 fully saturated rings. The summed E-state index contributed by atoms with van der Waals surface area (Å²) in [5.41, 5.74) is 6.85. The second-order valence-electron chi connectivity index (χ2n) is 17.4. The lowest BCUT2D eigenvalue weighted by Crippen LogP contribution is -2.51. The SMILES string of the molecule is CCN(CC)[C@@H](C(=O)N1CCC[C@H]1c1ncc(-c2ccc3cc(-c4ccc(-c5cnc([C@@H]6CC7(CN6C(=O)[C@@H](NC(=O)O)C(C)C)OCCO7)[nH]5)cc4)ccc3c2)[nH]1)c1ccccc1. The lowest BCUT2D eigenvalue weighted by Gasteiger charge is -2.34. The number of likely N-dealkylation sites (N-methyl/N-ethyl adjacent to an activating group) is 1. The quantitative estimate of drug-likeness (QED) is 0.0892. The average molecular weight is 865 g/mol. The maximum absolute atomic E-state index is 14.3. The van der Waals surface area contributed by atoms with Crippen molar-refractivity contribution in [3.05, 3.63) is 121 Å². The van der Waals surface area contributed by atoms with Gasteiger partial charge in [-0.25, -0.2) is 14.8 Å². The molecule has 3 amide bonds. The molecule has 0 unspecified atom stereocenters. The van der Waals surface area contributed by atoms with Crippen LogP contribution in [0.3, 0.4) is 0 Å². The minimum absolute atomic E-state index is 0.109. The number of likely N-dealkylation sites (tertiary alicyclic amines) is 2. The van der Waals surface area contributed by atoms with Crippen LogP contribution in [0.4, 0.5) is 4.79 Å². The third-order valence-electron chi connectivity index (χ3n) is 13.2. The molecule has 2 aromatic heterocycles. The van der Waals surface area contributed by atoms with Crippen LogP contribution in [-0.2, 0) is 19.1 Å². The summed E-state index contributed by atoms with van der Waals surface area (Å²) >= 11 is 0. The molecule has 3 saturated heterocycles. The Bertz CT molecular complexity index is 2620. The molecular weight excluding hydrogens is 809 g/mol. The molecule has 5 heterocycles. The van der Waals surface area contributed by atoms with E-state index in [-0.39, 0.29) is 36.4 Å². The van der Waals surface area contributed by atoms with Crippen molar-refractivity contribution in [2.75, 3.05) is 39.4 Å². The van der Waals surface area contributed by atoms with E-state index in [1.807, 2.05) is 55.3 Å². The van der Waals surface area contributed by atoms with Gasteiger partial charge >= 0.3 is 6.09 Å². The molecule has 0 radical (unpaired) electrons. The van der Waals surface area contributed by atoms with Gasteiger partial charge in [0.1, 0.15) is 23.7 Å². The van der Waals surface area contributed by atoms with Crippen LogP contribution >= 0.6 is 0 Å². The molecule has 3 aliphatic rings. The molecule has 64 heavy (non-hydrogen) atoms. The Kier molecular flexibility index (Phi) is 12.1. The topological polar surface area (TPSA) is 169 Å². The molecule has 0 aliphatic carbocycles. The summed E-state index contributed by atoms with van der Waals surface area (Å²) in [4.78, 5) is 62.2. The zero-order valence-electron chi connectivity index (χ0n) is 36.8. The van der Waals surface area contributed by atoms with Gasteiger partial charge in [0.15, 0.2) is 5.79 Å². The van der Waals surface area contributed by atoms with E-state index in [9.17, 15) is 19.5 Å². The van der Waals surface area contributed by atoms with Crippen LogP contribution in [-0.4, -0.2) is 109 Å². The second kappa shape index (κ2) is 18.0. The number of carbonyl (C=O) groups is 3. The fourth-order valence-electron chi connectivity index (χ4n) is 9.79. The molecule has 3 aliphatic heterocycles. The van der Waals surface area contributed by atoms with Crippen molar-refractivity contribution in [2.24, 2.45) is 5.92 Å². The maximum Gasteiger partial charge on any atom is 0.405 e. The summed E-state index contributed by atoms with van der Waals surface area (Å²) < 4.78 is 12.0. The number of ether oxygens (including phenoxy) is 2. The molecule has 9 rings (SSSR count). The van der Waals surface area contributed by atoms with Gasteiger partial charge in [0, 0.05) is 18.5 Å². The number of fused-ring (bicyclic) bond motifs is 1. The van der Waals surface area contributed by atoms with Crippen LogP contribution in [0.1, 0.15) is 82.3 Å². The van der Waals surface area contributed by atoms with Gasteiger partial charge in [-0.15, -0.1) is 0 Å². The highest BCUT2D eigenvalue weighted by molar-refractivity contribution is 5.91. The third kappa shape index (κ3) is 8.40. The number of H-pyrrole nitrogens is 2. The fraction of sp³-hybridized carbons (Fsp3) is 0.380. The summed E-state index contributed by atoms with van der Waals surface area (Å²) in [7, 11) is 0. The Morgan fingerprint density at radius 3 is 2.02 bits per heavy atom. The van der Waals surface area contributed by atoms with Crippen LogP contribution in [0.15, 0.2) is 103 Å². The maximum atomic E-state index is 14.3. The van der Waals surface area contributed by atoms with Crippen molar-refractivity contribution in [1.82, 2.24) is 40.0 Å². The first-order valence-electron chi connectivity index (χ1n) is 22.5. The van der Waals surface area contributed by atoms with Crippen LogP contribution in [0.2, 0.25) is 0 Å². The predicted molar refractivity (Wildman–Crippen MR) is 244 cm³/mol. The number of benzene rings is 4. The van der Waals surface area contributed by atoms with E-state index >= 15 is 0 Å². The second-order valence-corrected chi connectivity index (χ2v) is 17.4. The minimum Gasteiger partial charge on any atom is -0.465 e. The van der Waals surface area contributed by atoms with Crippen molar-refractivity contribution < 1.29 is 29.0 Å². The van der Waals surface area contributed by atoms with E-state index < -0.39 is 24.0 Å². The number of amides is 3. The van der Waals surface area contributed by atoms with E-state index in [0.717, 1.165) is 81.7 Å². The van der Waals surface area contributed by atoms with Gasteiger partial charge in [-0.05, 0) is 77.0 Å². The van der Waals surface area contributed by atoms with Crippen molar-refractivity contribution >= 4 is 28.7 Å². The number of nitrogens with zero attached hydrogens (tertiary/aromatic N) is 5. The smallest absolute Gasteiger partial charge is 0.405 e. The van der Waals surface area contributed by atoms with E-state index in [4.69, 9.17) is 19.4 Å². The normalized spacial score (nSPS) is 19.3. The van der Waals surface area contributed by atoms with Crippen molar-refractivity contribution in [2.45, 2.75) is 76.9 Å². The van der Waals surface area contributed by atoms with Gasteiger partial charge in [0.05, 0.1) is 55.6 Å². The standard InChI is InChI=1S/C50H56N8O6/c1-5-56(6-2)44(34-11-8-7-9-12-34)48(60)57-22-10-13-41(57)45-51-29-40(54-45)38-21-20-36-25-35(18-19-37(36)26-38)32-14-16-33(17-15-32)39-28-52-46(53-39)42-27-50(63-23-24-64-50)30-58(42)47(59)43(31(3)4)55-49(61)62/h7-9,11-12,14-21,25-26,28-29,31,41-44,55H,5-6,10,13,22-24,27,30H2,1-4H3,(H,51,54)(H,52,53)(H,61,62)/t41-,42-,43-,44+/m0/s1. The summed E-state index contributed by atoms with van der Waals surface area (Å²) in [5, 5.41) is 14.1. The first kappa shape index (κ1) is 42.9. The molecule has 0 saturated carbocycles. The Morgan fingerprint density at radius 2 is 1.38 bits per heavy atom. The highest BCUT2D eigenvalue weighted by Gasteiger charge is 2.53. The number of hydrogen-bond acceptors (Lipinski definition) is 8. The molecule has 14 heteroatoms. The van der Waals surface area contributed by atoms with E-state index in [1.54, 1.807) is 11.1 Å². The van der Waals surface area contributed by atoms with Crippen LogP contribution < -0.4 is 5.32 Å². The largest absolute Gasteiger partial charge is 0.465 e. The summed E-state index contributed by atoms with van der Waals surface area (Å²) in [5.74, 6) is -0.0331. The van der Waals surface area contributed by atoms with Crippen LogP contribution in [0.5, 0.6) is 0 Å². The lowest BCUT2D eigenvalue weighted by molar-refractivity contribution is -0.153. The summed E-state index contributed by atoms with van der Waals surface area (Å²) in [6, 6.07) is 29.4. The first-order chi connectivity index (χ1) is 31.0. The predicted octanol–water partition coefficient (Wildman–Crippen LogP) is 8.34. The number of nitrogens with one attached hydrogen (secondary N) is 3. The average Bonchev–Trinajstić information content (AvgIpc) is 4.18. The summed E-state index contributed by atoms with van der Waals surface area (Å²) in [6.07, 6.45) is 4.57. The van der Waals surface area contributed by atoms with Crippen LogP contribution in [0, 0.1) is 5.92 Å². The van der Waals surface area contributed by atoms with Crippen LogP contribution in [0.25, 0.3) is 44.4 Å². The molecule has 4 aromatic carbocycles. The molecule has 14 nitrogen and oxygen atoms in total. The van der Waals surface area contributed by atoms with Gasteiger partial charge in [0.2, 0.25) is 11.8 Å². The number of aromatic amines is 2. The minimum atomic E-state index is -1.25. The Labute approximate surface area is 373 Å². The van der Waals surface area contributed by atoms with Crippen molar-refractivity contribution in [3.8, 4) is 33.6 Å². The monoisotopic (exact) mass is 864 g/mol. The number of carboxylic acid groups (broad SMARTS) is 1. The van der Waals surface area contributed by atoms with Crippen molar-refractivity contribution in [3.63, 3.8) is 0 Å². The Morgan fingerprint density at radius 1 is 0.781 bits per heavy atom. The molecule has 4 N–H and O–H groups in total. The van der Waals surface area contributed by atoms with Gasteiger partial charge in [-0.3, -0.25) is 14.5 Å². The van der Waals surface area contributed by atoms with Gasteiger partial charge in [-0.1, -0.05) is 107 Å². The molecule has 332 valence electrons. The zero-order chi connectivity index (χ0) is 44.5. The molecule has 1 spiro atoms. The van der Waals surface area contributed by atoms with E-state index in [0.29, 0.717) is 32.0 Å². The fourth-order valence-corrected chi connectivity index (χ4v) is 9.79. The van der Waals surface area contributed by atoms with E-state index in [1.165, 1.54) is 0 Å². The number of hydrogen-bond donors (Lipinski definition) is 4. The van der Waals surface area contributed by atoms with Gasteiger partial charge in [0.25, 0.3) is 0 Å². The number of imidazole rings is 2. The lowest BCUT2D eigenvalue weighted by atomic mass is 9.98. The molecular formula is C50H56N8O6. The Hall–Kier alpha value is -6.35. The first-order valence-corrected chi connectivity index (χ1v) is 22.5. The highest BCUT2D eigenvalue weighted by atomic mass is 16.7.